The van der Waals surface area contributed by atoms with Crippen molar-refractivity contribution in [3.05, 3.63) is 35.9 Å². The number of morpholine rings is 1. The number of hydrogen-bond donors (Lipinski definition) is 1. The monoisotopic (exact) mass is 300 g/mol. The van der Waals surface area contributed by atoms with E-state index in [1.54, 1.807) is 7.05 Å². The number of ether oxygens (including phenoxy) is 1. The molecule has 0 saturated carbocycles. The first-order chi connectivity index (χ1) is 9.55. The Morgan fingerprint density at radius 1 is 1.40 bits per heavy atom. The number of hydrogen-bond acceptors (Lipinski definition) is 4. The van der Waals surface area contributed by atoms with Gasteiger partial charge < -0.3 is 9.84 Å². The van der Waals surface area contributed by atoms with Gasteiger partial charge in [0.05, 0.1) is 25.9 Å². The van der Waals surface area contributed by atoms with E-state index in [4.69, 9.17) is 4.74 Å². The second-order valence-electron chi connectivity index (χ2n) is 4.77. The van der Waals surface area contributed by atoms with E-state index < -0.39 is 16.3 Å². The molecule has 6 nitrogen and oxygen atoms in total. The fraction of sp³-hybridized carbons (Fsp3) is 0.538. The average Bonchev–Trinajstić information content (AvgIpc) is 2.48. The van der Waals surface area contributed by atoms with Gasteiger partial charge in [-0.1, -0.05) is 30.3 Å². The maximum absolute atomic E-state index is 12.5. The lowest BCUT2D eigenvalue weighted by Gasteiger charge is -2.35. The third kappa shape index (κ3) is 3.36. The fourth-order valence-corrected chi connectivity index (χ4v) is 3.67. The standard InChI is InChI=1S/C13H20N2O4S/c1-14(9-12-5-3-2-4-6-12)20(17,18)15-7-8-19-11-13(15)10-16/h2-6,13,16H,7-11H2,1H3. The molecule has 1 aromatic carbocycles. The van der Waals surface area contributed by atoms with Crippen LogP contribution in [-0.2, 0) is 21.5 Å². The molecule has 1 N–H and O–H groups in total. The Morgan fingerprint density at radius 2 is 2.10 bits per heavy atom. The predicted molar refractivity (Wildman–Crippen MR) is 75.2 cm³/mol. The second-order valence-corrected chi connectivity index (χ2v) is 6.76. The summed E-state index contributed by atoms with van der Waals surface area (Å²) in [6.45, 7) is 0.924. The minimum absolute atomic E-state index is 0.231. The largest absolute Gasteiger partial charge is 0.395 e. The summed E-state index contributed by atoms with van der Waals surface area (Å²) in [4.78, 5) is 0. The summed E-state index contributed by atoms with van der Waals surface area (Å²) in [7, 11) is -2.05. The van der Waals surface area contributed by atoms with Gasteiger partial charge in [-0.25, -0.2) is 0 Å². The molecule has 1 heterocycles. The van der Waals surface area contributed by atoms with Crippen LogP contribution in [0.5, 0.6) is 0 Å². The minimum atomic E-state index is -3.59. The van der Waals surface area contributed by atoms with Crippen molar-refractivity contribution in [3.8, 4) is 0 Å². The van der Waals surface area contributed by atoms with Gasteiger partial charge in [0.15, 0.2) is 0 Å². The molecular formula is C13H20N2O4S. The molecule has 0 aromatic heterocycles. The summed E-state index contributed by atoms with van der Waals surface area (Å²) in [5.41, 5.74) is 0.924. The predicted octanol–water partition coefficient (Wildman–Crippen LogP) is 0.0563. The van der Waals surface area contributed by atoms with Crippen LogP contribution in [0.1, 0.15) is 5.56 Å². The maximum Gasteiger partial charge on any atom is 0.282 e. The van der Waals surface area contributed by atoms with Crippen molar-refractivity contribution in [2.75, 3.05) is 33.4 Å². The molecule has 1 saturated heterocycles. The molecule has 0 radical (unpaired) electrons. The Morgan fingerprint density at radius 3 is 2.75 bits per heavy atom. The summed E-state index contributed by atoms with van der Waals surface area (Å²) in [5, 5.41) is 9.29. The summed E-state index contributed by atoms with van der Waals surface area (Å²) in [6.07, 6.45) is 0. The summed E-state index contributed by atoms with van der Waals surface area (Å²) < 4.78 is 32.9. The molecule has 0 aliphatic carbocycles. The first kappa shape index (κ1) is 15.4. The Labute approximate surface area is 119 Å². The van der Waals surface area contributed by atoms with Crippen LogP contribution in [-0.4, -0.2) is 61.6 Å². The van der Waals surface area contributed by atoms with E-state index in [2.05, 4.69) is 0 Å². The van der Waals surface area contributed by atoms with Crippen LogP contribution in [0.2, 0.25) is 0 Å². The van der Waals surface area contributed by atoms with Crippen LogP contribution in [0.4, 0.5) is 0 Å². The van der Waals surface area contributed by atoms with Crippen LogP contribution >= 0.6 is 0 Å². The third-order valence-electron chi connectivity index (χ3n) is 3.32. The lowest BCUT2D eigenvalue weighted by Crippen LogP contribution is -2.54. The molecule has 1 aromatic rings. The van der Waals surface area contributed by atoms with Gasteiger partial charge in [0.25, 0.3) is 10.2 Å². The van der Waals surface area contributed by atoms with Crippen molar-refractivity contribution < 1.29 is 18.3 Å². The Bertz CT molecular complexity index is 520. The van der Waals surface area contributed by atoms with Crippen molar-refractivity contribution in [1.82, 2.24) is 8.61 Å². The van der Waals surface area contributed by atoms with E-state index in [0.29, 0.717) is 13.2 Å². The number of rotatable bonds is 5. The quantitative estimate of drug-likeness (QED) is 0.834. The lowest BCUT2D eigenvalue weighted by atomic mass is 10.2. The Hall–Kier alpha value is -0.990. The molecule has 1 atom stereocenters. The molecule has 112 valence electrons. The highest BCUT2D eigenvalue weighted by atomic mass is 32.2. The molecule has 20 heavy (non-hydrogen) atoms. The van der Waals surface area contributed by atoms with E-state index in [1.807, 2.05) is 30.3 Å². The second kappa shape index (κ2) is 6.64. The molecule has 7 heteroatoms. The van der Waals surface area contributed by atoms with Crippen molar-refractivity contribution in [1.29, 1.82) is 0 Å². The van der Waals surface area contributed by atoms with Crippen LogP contribution in [0.25, 0.3) is 0 Å². The van der Waals surface area contributed by atoms with Gasteiger partial charge in [-0.05, 0) is 5.56 Å². The summed E-state index contributed by atoms with van der Waals surface area (Å²) >= 11 is 0. The summed E-state index contributed by atoms with van der Waals surface area (Å²) in [6, 6.07) is 8.90. The van der Waals surface area contributed by atoms with Crippen LogP contribution < -0.4 is 0 Å². The number of aliphatic hydroxyl groups excluding tert-OH is 1. The van der Waals surface area contributed by atoms with Crippen molar-refractivity contribution in [2.24, 2.45) is 0 Å². The average molecular weight is 300 g/mol. The van der Waals surface area contributed by atoms with E-state index in [1.165, 1.54) is 8.61 Å². The molecule has 0 amide bonds. The van der Waals surface area contributed by atoms with Gasteiger partial charge >= 0.3 is 0 Å². The van der Waals surface area contributed by atoms with Gasteiger partial charge in [0.2, 0.25) is 0 Å². The van der Waals surface area contributed by atoms with Gasteiger partial charge in [0.1, 0.15) is 0 Å². The molecule has 1 aliphatic rings. The topological polar surface area (TPSA) is 70.1 Å². The number of nitrogens with zero attached hydrogens (tertiary/aromatic N) is 2. The van der Waals surface area contributed by atoms with Gasteiger partial charge in [0, 0.05) is 20.1 Å². The van der Waals surface area contributed by atoms with E-state index in [-0.39, 0.29) is 19.8 Å². The normalized spacial score (nSPS) is 21.2. The molecule has 1 fully saturated rings. The third-order valence-corrected chi connectivity index (χ3v) is 5.31. The van der Waals surface area contributed by atoms with E-state index in [0.717, 1.165) is 5.56 Å². The SMILES string of the molecule is CN(Cc1ccccc1)S(=O)(=O)N1CCOCC1CO. The van der Waals surface area contributed by atoms with Crippen LogP contribution in [0.15, 0.2) is 30.3 Å². The highest BCUT2D eigenvalue weighted by Gasteiger charge is 2.35. The molecule has 1 aliphatic heterocycles. The molecule has 0 spiro atoms. The van der Waals surface area contributed by atoms with Crippen molar-refractivity contribution in [3.63, 3.8) is 0 Å². The van der Waals surface area contributed by atoms with Crippen molar-refractivity contribution >= 4 is 10.2 Å². The van der Waals surface area contributed by atoms with Crippen molar-refractivity contribution in [2.45, 2.75) is 12.6 Å². The minimum Gasteiger partial charge on any atom is -0.395 e. The zero-order valence-corrected chi connectivity index (χ0v) is 12.3. The van der Waals surface area contributed by atoms with Gasteiger partial charge in [-0.2, -0.15) is 17.0 Å². The maximum atomic E-state index is 12.5. The van der Waals surface area contributed by atoms with Gasteiger partial charge in [-0.15, -0.1) is 0 Å². The smallest absolute Gasteiger partial charge is 0.282 e. The lowest BCUT2D eigenvalue weighted by molar-refractivity contribution is 0.00852. The zero-order valence-electron chi connectivity index (χ0n) is 11.5. The van der Waals surface area contributed by atoms with Gasteiger partial charge in [-0.3, -0.25) is 0 Å². The zero-order chi connectivity index (χ0) is 14.6. The molecular weight excluding hydrogens is 280 g/mol. The summed E-state index contributed by atoms with van der Waals surface area (Å²) in [5.74, 6) is 0. The van der Waals surface area contributed by atoms with Crippen LogP contribution in [0.3, 0.4) is 0 Å². The fourth-order valence-electron chi connectivity index (χ4n) is 2.19. The highest BCUT2D eigenvalue weighted by Crippen LogP contribution is 2.17. The Kier molecular flexibility index (Phi) is 5.11. The number of aliphatic hydroxyl groups is 1. The first-order valence-corrected chi connectivity index (χ1v) is 7.91. The molecule has 0 bridgehead atoms. The molecule has 2 rings (SSSR count). The highest BCUT2D eigenvalue weighted by molar-refractivity contribution is 7.86. The van der Waals surface area contributed by atoms with E-state index in [9.17, 15) is 13.5 Å². The van der Waals surface area contributed by atoms with Crippen LogP contribution in [0, 0.1) is 0 Å². The Balaban J connectivity index is 2.12. The molecule has 1 unspecified atom stereocenters. The van der Waals surface area contributed by atoms with E-state index >= 15 is 0 Å². The number of benzene rings is 1. The first-order valence-electron chi connectivity index (χ1n) is 6.51.